The van der Waals surface area contributed by atoms with Gasteiger partial charge in [0.15, 0.2) is 0 Å². The molecule has 0 saturated carbocycles. The second kappa shape index (κ2) is 6.17. The third-order valence-corrected chi connectivity index (χ3v) is 2.33. The van der Waals surface area contributed by atoms with Gasteiger partial charge in [-0.15, -0.1) is 0 Å². The van der Waals surface area contributed by atoms with Gasteiger partial charge >= 0.3 is 6.09 Å². The second-order valence-corrected chi connectivity index (χ2v) is 5.56. The van der Waals surface area contributed by atoms with Gasteiger partial charge in [0.25, 0.3) is 5.92 Å². The molecule has 4 nitrogen and oxygen atoms in total. The number of anilines is 1. The van der Waals surface area contributed by atoms with E-state index in [1.54, 1.807) is 39.0 Å². The first kappa shape index (κ1) is 16.4. The Bertz CT molecular complexity index is 470. The van der Waals surface area contributed by atoms with Crippen molar-refractivity contribution in [3.63, 3.8) is 0 Å². The van der Waals surface area contributed by atoms with E-state index < -0.39 is 30.6 Å². The van der Waals surface area contributed by atoms with Crippen LogP contribution < -0.4 is 11.1 Å². The maximum absolute atomic E-state index is 13.2. The molecule has 1 aromatic rings. The Labute approximate surface area is 117 Å². The summed E-state index contributed by atoms with van der Waals surface area (Å²) < 4.78 is 31.5. The first-order valence-corrected chi connectivity index (χ1v) is 6.28. The number of ether oxygens (including phenoxy) is 1. The molecule has 0 radical (unpaired) electrons. The van der Waals surface area contributed by atoms with Gasteiger partial charge in [0.05, 0.1) is 6.54 Å². The van der Waals surface area contributed by atoms with Crippen molar-refractivity contribution >= 4 is 11.8 Å². The van der Waals surface area contributed by atoms with Gasteiger partial charge in [-0.1, -0.05) is 12.1 Å². The van der Waals surface area contributed by atoms with Gasteiger partial charge in [-0.2, -0.15) is 0 Å². The molecule has 0 spiro atoms. The summed E-state index contributed by atoms with van der Waals surface area (Å²) >= 11 is 0. The van der Waals surface area contributed by atoms with Gasteiger partial charge < -0.3 is 10.5 Å². The summed E-state index contributed by atoms with van der Waals surface area (Å²) in [5, 5.41) is 2.51. The van der Waals surface area contributed by atoms with Crippen LogP contribution in [0.25, 0.3) is 0 Å². The number of hydrogen-bond acceptors (Lipinski definition) is 3. The van der Waals surface area contributed by atoms with Crippen LogP contribution in [-0.4, -0.2) is 24.2 Å². The third-order valence-electron chi connectivity index (χ3n) is 2.33. The standard InChI is InChI=1S/C14H20F2N2O2/c1-13(2,3)20-12(19)18-11-6-4-5-10(7-11)8-14(15,16)9-17/h4-7H,8-9,17H2,1-3H3,(H,18,19). The molecular formula is C14H20F2N2O2. The Balaban J connectivity index is 2.71. The summed E-state index contributed by atoms with van der Waals surface area (Å²) in [5.41, 5.74) is 5.19. The highest BCUT2D eigenvalue weighted by molar-refractivity contribution is 5.84. The topological polar surface area (TPSA) is 64.3 Å². The third kappa shape index (κ3) is 5.97. The summed E-state index contributed by atoms with van der Waals surface area (Å²) in [4.78, 5) is 11.6. The lowest BCUT2D eigenvalue weighted by Gasteiger charge is -2.20. The van der Waals surface area contributed by atoms with Crippen LogP contribution in [-0.2, 0) is 11.2 Å². The number of carbonyl (C=O) groups excluding carboxylic acids is 1. The molecule has 3 N–H and O–H groups in total. The van der Waals surface area contributed by atoms with Gasteiger partial charge in [0.2, 0.25) is 0 Å². The predicted octanol–water partition coefficient (Wildman–Crippen LogP) is 3.17. The van der Waals surface area contributed by atoms with Gasteiger partial charge in [-0.25, -0.2) is 13.6 Å². The number of nitrogens with one attached hydrogen (secondary N) is 1. The highest BCUT2D eigenvalue weighted by Crippen LogP contribution is 2.21. The number of alkyl halides is 2. The Hall–Kier alpha value is -1.69. The quantitative estimate of drug-likeness (QED) is 0.893. The minimum absolute atomic E-state index is 0.397. The fraction of sp³-hybridized carbons (Fsp3) is 0.500. The van der Waals surface area contributed by atoms with E-state index in [0.717, 1.165) is 0 Å². The fourth-order valence-corrected chi connectivity index (χ4v) is 1.55. The molecule has 0 bridgehead atoms. The molecule has 0 saturated heterocycles. The van der Waals surface area contributed by atoms with E-state index in [0.29, 0.717) is 11.3 Å². The number of hydrogen-bond donors (Lipinski definition) is 2. The van der Waals surface area contributed by atoms with Crippen molar-refractivity contribution in [1.29, 1.82) is 0 Å². The highest BCUT2D eigenvalue weighted by atomic mass is 19.3. The van der Waals surface area contributed by atoms with Crippen LogP contribution in [0.15, 0.2) is 24.3 Å². The smallest absolute Gasteiger partial charge is 0.412 e. The van der Waals surface area contributed by atoms with Gasteiger partial charge in [0.1, 0.15) is 5.60 Å². The largest absolute Gasteiger partial charge is 0.444 e. The van der Waals surface area contributed by atoms with Crippen LogP contribution in [0.2, 0.25) is 0 Å². The Morgan fingerprint density at radius 3 is 2.55 bits per heavy atom. The molecule has 1 rings (SSSR count). The van der Waals surface area contributed by atoms with Gasteiger partial charge in [-0.3, -0.25) is 5.32 Å². The normalized spacial score (nSPS) is 12.1. The Kier molecular flexibility index (Phi) is 5.05. The average Bonchev–Trinajstić information content (AvgIpc) is 2.26. The van der Waals surface area contributed by atoms with E-state index in [2.05, 4.69) is 5.32 Å². The van der Waals surface area contributed by atoms with Crippen molar-refractivity contribution in [3.05, 3.63) is 29.8 Å². The minimum atomic E-state index is -2.95. The van der Waals surface area contributed by atoms with Crippen molar-refractivity contribution in [3.8, 4) is 0 Å². The SMILES string of the molecule is CC(C)(C)OC(=O)Nc1cccc(CC(F)(F)CN)c1. The molecule has 0 atom stereocenters. The molecule has 0 fully saturated rings. The lowest BCUT2D eigenvalue weighted by molar-refractivity contribution is 0.0115. The minimum Gasteiger partial charge on any atom is -0.444 e. The number of rotatable bonds is 4. The van der Waals surface area contributed by atoms with Crippen LogP contribution in [0.1, 0.15) is 26.3 Å². The number of amides is 1. The van der Waals surface area contributed by atoms with Gasteiger partial charge in [-0.05, 0) is 38.5 Å². The molecule has 0 aliphatic carbocycles. The zero-order valence-corrected chi connectivity index (χ0v) is 11.9. The number of halogens is 2. The van der Waals surface area contributed by atoms with E-state index in [1.807, 2.05) is 0 Å². The molecule has 0 unspecified atom stereocenters. The maximum Gasteiger partial charge on any atom is 0.412 e. The first-order chi connectivity index (χ1) is 9.11. The summed E-state index contributed by atoms with van der Waals surface area (Å²) in [7, 11) is 0. The van der Waals surface area contributed by atoms with E-state index in [4.69, 9.17) is 10.5 Å². The highest BCUT2D eigenvalue weighted by Gasteiger charge is 2.27. The first-order valence-electron chi connectivity index (χ1n) is 6.28. The fourth-order valence-electron chi connectivity index (χ4n) is 1.55. The van der Waals surface area contributed by atoms with Crippen molar-refractivity contribution in [2.45, 2.75) is 38.7 Å². The Morgan fingerprint density at radius 2 is 2.00 bits per heavy atom. The molecule has 6 heteroatoms. The lowest BCUT2D eigenvalue weighted by Crippen LogP contribution is -2.30. The Morgan fingerprint density at radius 1 is 1.35 bits per heavy atom. The number of nitrogens with two attached hydrogens (primary N) is 1. The van der Waals surface area contributed by atoms with E-state index >= 15 is 0 Å². The van der Waals surface area contributed by atoms with E-state index in [1.165, 1.54) is 6.07 Å². The maximum atomic E-state index is 13.2. The van der Waals surface area contributed by atoms with E-state index in [-0.39, 0.29) is 0 Å². The molecule has 1 aromatic carbocycles. The molecule has 0 heterocycles. The number of benzene rings is 1. The summed E-state index contributed by atoms with van der Waals surface area (Å²) in [6.45, 7) is 4.51. The number of carbonyl (C=O) groups is 1. The van der Waals surface area contributed by atoms with Crippen LogP contribution >= 0.6 is 0 Å². The van der Waals surface area contributed by atoms with Crippen molar-refractivity contribution < 1.29 is 18.3 Å². The van der Waals surface area contributed by atoms with Crippen LogP contribution in [0.5, 0.6) is 0 Å². The monoisotopic (exact) mass is 286 g/mol. The zero-order chi connectivity index (χ0) is 15.4. The van der Waals surface area contributed by atoms with Crippen LogP contribution in [0.4, 0.5) is 19.3 Å². The summed E-state index contributed by atoms with van der Waals surface area (Å²) in [5.74, 6) is -2.95. The lowest BCUT2D eigenvalue weighted by atomic mass is 10.1. The van der Waals surface area contributed by atoms with E-state index in [9.17, 15) is 13.6 Å². The molecule has 0 aromatic heterocycles. The second-order valence-electron chi connectivity index (χ2n) is 5.56. The molecule has 1 amide bonds. The van der Waals surface area contributed by atoms with Gasteiger partial charge in [0, 0.05) is 12.1 Å². The van der Waals surface area contributed by atoms with Crippen LogP contribution in [0, 0.1) is 0 Å². The molecule has 112 valence electrons. The molecule has 0 aliphatic heterocycles. The average molecular weight is 286 g/mol. The van der Waals surface area contributed by atoms with Crippen molar-refractivity contribution in [2.75, 3.05) is 11.9 Å². The van der Waals surface area contributed by atoms with Crippen molar-refractivity contribution in [1.82, 2.24) is 0 Å². The molecule has 20 heavy (non-hydrogen) atoms. The molecular weight excluding hydrogens is 266 g/mol. The predicted molar refractivity (Wildman–Crippen MR) is 74.0 cm³/mol. The van der Waals surface area contributed by atoms with Crippen molar-refractivity contribution in [2.24, 2.45) is 5.73 Å². The zero-order valence-electron chi connectivity index (χ0n) is 11.9. The summed E-state index contributed by atoms with van der Waals surface area (Å²) in [6, 6.07) is 6.24. The van der Waals surface area contributed by atoms with Crippen LogP contribution in [0.3, 0.4) is 0 Å². The molecule has 0 aliphatic rings. The summed E-state index contributed by atoms with van der Waals surface area (Å²) in [6.07, 6.45) is -1.09.